The maximum Gasteiger partial charge on any atom is 0.169 e. The SMILES string of the molecule is Cc1cccc(N2CCN(C(=S)NCC3CCCO3)CC2)c1C. The van der Waals surface area contributed by atoms with E-state index in [0.717, 1.165) is 50.9 Å². The summed E-state index contributed by atoms with van der Waals surface area (Å²) in [6, 6.07) is 6.56. The van der Waals surface area contributed by atoms with E-state index in [0.29, 0.717) is 6.10 Å². The lowest BCUT2D eigenvalue weighted by Gasteiger charge is -2.38. The molecule has 0 radical (unpaired) electrons. The highest BCUT2D eigenvalue weighted by atomic mass is 32.1. The van der Waals surface area contributed by atoms with Crippen molar-refractivity contribution in [3.63, 3.8) is 0 Å². The molecule has 0 amide bonds. The van der Waals surface area contributed by atoms with Crippen LogP contribution in [0.25, 0.3) is 0 Å². The summed E-state index contributed by atoms with van der Waals surface area (Å²) in [6.45, 7) is 10.1. The van der Waals surface area contributed by atoms with Crippen molar-refractivity contribution in [2.75, 3.05) is 44.2 Å². The second kappa shape index (κ2) is 7.49. The van der Waals surface area contributed by atoms with Gasteiger partial charge in [0.15, 0.2) is 5.11 Å². The van der Waals surface area contributed by atoms with Gasteiger partial charge in [-0.25, -0.2) is 0 Å². The molecular weight excluding hydrogens is 306 g/mol. The van der Waals surface area contributed by atoms with Crippen molar-refractivity contribution in [1.82, 2.24) is 10.2 Å². The molecule has 2 heterocycles. The number of hydrogen-bond donors (Lipinski definition) is 1. The first-order valence-corrected chi connectivity index (χ1v) is 9.01. The number of anilines is 1. The summed E-state index contributed by atoms with van der Waals surface area (Å²) in [7, 11) is 0. The fraction of sp³-hybridized carbons (Fsp3) is 0.611. The van der Waals surface area contributed by atoms with Gasteiger partial charge in [-0.15, -0.1) is 0 Å². The molecule has 0 saturated carbocycles. The second-order valence-electron chi connectivity index (χ2n) is 6.51. The summed E-state index contributed by atoms with van der Waals surface area (Å²) in [5.74, 6) is 0. The molecule has 0 spiro atoms. The highest BCUT2D eigenvalue weighted by Crippen LogP contribution is 2.23. The summed E-state index contributed by atoms with van der Waals surface area (Å²) in [6.07, 6.45) is 2.66. The van der Waals surface area contributed by atoms with Crippen molar-refractivity contribution in [2.24, 2.45) is 0 Å². The molecule has 5 heteroatoms. The quantitative estimate of drug-likeness (QED) is 0.858. The Balaban J connectivity index is 1.49. The molecular formula is C18H27N3OS. The molecule has 2 saturated heterocycles. The van der Waals surface area contributed by atoms with Crippen molar-refractivity contribution >= 4 is 23.0 Å². The maximum atomic E-state index is 5.64. The van der Waals surface area contributed by atoms with Gasteiger partial charge in [0, 0.05) is 45.0 Å². The lowest BCUT2D eigenvalue weighted by Crippen LogP contribution is -2.52. The average molecular weight is 334 g/mol. The van der Waals surface area contributed by atoms with E-state index in [9.17, 15) is 0 Å². The van der Waals surface area contributed by atoms with Gasteiger partial charge >= 0.3 is 0 Å². The Kier molecular flexibility index (Phi) is 5.38. The predicted molar refractivity (Wildman–Crippen MR) is 99.3 cm³/mol. The Bertz CT molecular complexity index is 549. The molecule has 3 rings (SSSR count). The lowest BCUT2D eigenvalue weighted by molar-refractivity contribution is 0.113. The van der Waals surface area contributed by atoms with Crippen molar-refractivity contribution in [2.45, 2.75) is 32.8 Å². The Hall–Kier alpha value is -1.33. The fourth-order valence-corrected chi connectivity index (χ4v) is 3.61. The zero-order chi connectivity index (χ0) is 16.2. The molecule has 126 valence electrons. The first-order valence-electron chi connectivity index (χ1n) is 8.60. The first-order chi connectivity index (χ1) is 11.1. The van der Waals surface area contributed by atoms with Crippen molar-refractivity contribution in [3.05, 3.63) is 29.3 Å². The van der Waals surface area contributed by atoms with Gasteiger partial charge in [0.1, 0.15) is 0 Å². The minimum absolute atomic E-state index is 0.337. The number of nitrogens with zero attached hydrogens (tertiary/aromatic N) is 2. The van der Waals surface area contributed by atoms with Crippen molar-refractivity contribution in [1.29, 1.82) is 0 Å². The zero-order valence-corrected chi connectivity index (χ0v) is 15.0. The van der Waals surface area contributed by atoms with Gasteiger partial charge in [-0.05, 0) is 56.1 Å². The van der Waals surface area contributed by atoms with Crippen LogP contribution in [0.1, 0.15) is 24.0 Å². The molecule has 2 fully saturated rings. The van der Waals surface area contributed by atoms with Crippen LogP contribution in [0.4, 0.5) is 5.69 Å². The Morgan fingerprint density at radius 3 is 2.74 bits per heavy atom. The number of thiocarbonyl (C=S) groups is 1. The average Bonchev–Trinajstić information content (AvgIpc) is 3.09. The molecule has 1 aromatic rings. The third-order valence-corrected chi connectivity index (χ3v) is 5.39. The van der Waals surface area contributed by atoms with Crippen LogP contribution < -0.4 is 10.2 Å². The highest BCUT2D eigenvalue weighted by molar-refractivity contribution is 7.80. The number of ether oxygens (including phenoxy) is 1. The van der Waals surface area contributed by atoms with Crippen molar-refractivity contribution < 1.29 is 4.74 Å². The molecule has 2 aliphatic heterocycles. The van der Waals surface area contributed by atoms with Gasteiger partial charge in [-0.3, -0.25) is 0 Å². The number of aryl methyl sites for hydroxylation is 1. The molecule has 1 aromatic carbocycles. The minimum Gasteiger partial charge on any atom is -0.376 e. The van der Waals surface area contributed by atoms with E-state index < -0.39 is 0 Å². The Morgan fingerprint density at radius 1 is 1.26 bits per heavy atom. The molecule has 0 aromatic heterocycles. The largest absolute Gasteiger partial charge is 0.376 e. The topological polar surface area (TPSA) is 27.7 Å². The van der Waals surface area contributed by atoms with Crippen LogP contribution in [0.5, 0.6) is 0 Å². The number of benzene rings is 1. The predicted octanol–water partition coefficient (Wildman–Crippen LogP) is 2.48. The van der Waals surface area contributed by atoms with E-state index in [1.165, 1.54) is 23.2 Å². The van der Waals surface area contributed by atoms with Gasteiger partial charge in [-0.2, -0.15) is 0 Å². The molecule has 0 bridgehead atoms. The summed E-state index contributed by atoms with van der Waals surface area (Å²) < 4.78 is 5.64. The van der Waals surface area contributed by atoms with E-state index in [4.69, 9.17) is 17.0 Å². The van der Waals surface area contributed by atoms with Crippen LogP contribution in [0.2, 0.25) is 0 Å². The Labute approximate surface area is 144 Å². The van der Waals surface area contributed by atoms with E-state index in [-0.39, 0.29) is 0 Å². The molecule has 1 atom stereocenters. The number of nitrogens with one attached hydrogen (secondary N) is 1. The molecule has 0 aliphatic carbocycles. The van der Waals surface area contributed by atoms with Crippen LogP contribution in [0, 0.1) is 13.8 Å². The third-order valence-electron chi connectivity index (χ3n) is 4.99. The van der Waals surface area contributed by atoms with E-state index in [1.807, 2.05) is 0 Å². The van der Waals surface area contributed by atoms with Gasteiger partial charge < -0.3 is 19.9 Å². The summed E-state index contributed by atoms with van der Waals surface area (Å²) in [5.41, 5.74) is 4.11. The number of hydrogen-bond acceptors (Lipinski definition) is 3. The molecule has 1 unspecified atom stereocenters. The molecule has 2 aliphatic rings. The third kappa shape index (κ3) is 3.96. The molecule has 23 heavy (non-hydrogen) atoms. The van der Waals surface area contributed by atoms with Gasteiger partial charge in [0.05, 0.1) is 6.10 Å². The monoisotopic (exact) mass is 333 g/mol. The fourth-order valence-electron chi connectivity index (χ4n) is 3.35. The van der Waals surface area contributed by atoms with E-state index in [1.54, 1.807) is 0 Å². The summed E-state index contributed by atoms with van der Waals surface area (Å²) >= 11 is 5.55. The number of rotatable bonds is 3. The maximum absolute atomic E-state index is 5.64. The molecule has 4 nitrogen and oxygen atoms in total. The zero-order valence-electron chi connectivity index (χ0n) is 14.2. The summed E-state index contributed by atoms with van der Waals surface area (Å²) in [4.78, 5) is 4.76. The van der Waals surface area contributed by atoms with Gasteiger partial charge in [0.2, 0.25) is 0 Å². The van der Waals surface area contributed by atoms with Crippen LogP contribution in [-0.4, -0.2) is 55.4 Å². The smallest absolute Gasteiger partial charge is 0.169 e. The van der Waals surface area contributed by atoms with Gasteiger partial charge in [0.25, 0.3) is 0 Å². The second-order valence-corrected chi connectivity index (χ2v) is 6.90. The lowest BCUT2D eigenvalue weighted by atomic mass is 10.1. The number of piperazine rings is 1. The normalized spacial score (nSPS) is 21.6. The molecule has 1 N–H and O–H groups in total. The van der Waals surface area contributed by atoms with Crippen molar-refractivity contribution in [3.8, 4) is 0 Å². The standard InChI is InChI=1S/C18H27N3OS/c1-14-5-3-7-17(15(14)2)20-8-10-21(11-9-20)18(23)19-13-16-6-4-12-22-16/h3,5,7,16H,4,6,8-13H2,1-2H3,(H,19,23). The summed E-state index contributed by atoms with van der Waals surface area (Å²) in [5, 5.41) is 4.26. The minimum atomic E-state index is 0.337. The van der Waals surface area contributed by atoms with Gasteiger partial charge in [-0.1, -0.05) is 12.1 Å². The van der Waals surface area contributed by atoms with Crippen LogP contribution >= 0.6 is 12.2 Å². The van der Waals surface area contributed by atoms with E-state index in [2.05, 4.69) is 47.2 Å². The van der Waals surface area contributed by atoms with Crippen LogP contribution in [-0.2, 0) is 4.74 Å². The Morgan fingerprint density at radius 2 is 2.04 bits per heavy atom. The highest BCUT2D eigenvalue weighted by Gasteiger charge is 2.21. The van der Waals surface area contributed by atoms with E-state index >= 15 is 0 Å². The van der Waals surface area contributed by atoms with Crippen LogP contribution in [0.3, 0.4) is 0 Å². The van der Waals surface area contributed by atoms with Crippen LogP contribution in [0.15, 0.2) is 18.2 Å². The first kappa shape index (κ1) is 16.5.